The summed E-state index contributed by atoms with van der Waals surface area (Å²) in [5.74, 6) is 3.58. The Morgan fingerprint density at radius 2 is 0.821 bits per heavy atom. The lowest BCUT2D eigenvalue weighted by molar-refractivity contribution is -0.0389. The maximum Gasteiger partial charge on any atom is 0.167 e. The van der Waals surface area contributed by atoms with Gasteiger partial charge in [0.1, 0.15) is 60.4 Å². The summed E-state index contributed by atoms with van der Waals surface area (Å²) in [6.07, 6.45) is 24.0. The van der Waals surface area contributed by atoms with Crippen molar-refractivity contribution in [1.82, 2.24) is 20.3 Å². The van der Waals surface area contributed by atoms with Gasteiger partial charge in [-0.25, -0.2) is 24.9 Å². The van der Waals surface area contributed by atoms with E-state index in [0.717, 1.165) is 94.2 Å². The molecule has 0 spiro atoms. The summed E-state index contributed by atoms with van der Waals surface area (Å²) >= 11 is 0. The smallest absolute Gasteiger partial charge is 0.167 e. The van der Waals surface area contributed by atoms with Crippen molar-refractivity contribution >= 4 is 11.7 Å². The molecular weight excluding hydrogens is 1180 g/mol. The van der Waals surface area contributed by atoms with E-state index in [4.69, 9.17) is 48.6 Å². The van der Waals surface area contributed by atoms with Gasteiger partial charge in [-0.2, -0.15) is 0 Å². The number of nitrogens with zero attached hydrogens (tertiary/aromatic N) is 5. The zero-order valence-electron chi connectivity index (χ0n) is 58.5. The Balaban J connectivity index is 0.721. The monoisotopic (exact) mass is 1290 g/mol. The molecule has 1 aliphatic heterocycles. The lowest BCUT2D eigenvalue weighted by Gasteiger charge is -2.26. The Hall–Kier alpha value is -7.49. The summed E-state index contributed by atoms with van der Waals surface area (Å²) < 4.78 is 30.8. The maximum absolute atomic E-state index is 11.6. The number of aromatic hydroxyl groups is 2. The lowest BCUT2D eigenvalue weighted by atomic mass is 10.0. The van der Waals surface area contributed by atoms with E-state index < -0.39 is 12.3 Å². The predicted molar refractivity (Wildman–Crippen MR) is 387 cm³/mol. The van der Waals surface area contributed by atoms with E-state index in [-0.39, 0.29) is 30.8 Å². The van der Waals surface area contributed by atoms with Gasteiger partial charge in [0.2, 0.25) is 0 Å². The first kappa shape index (κ1) is 73.3. The second-order valence-corrected chi connectivity index (χ2v) is 26.4. The van der Waals surface area contributed by atoms with E-state index in [1.54, 1.807) is 24.3 Å². The number of ether oxygens (including phenoxy) is 5. The number of nitrogens with one attached hydrogen (secondary N) is 1. The number of rotatable bonds is 42. The molecule has 14 heteroatoms. The first-order chi connectivity index (χ1) is 46.1. The molecule has 0 aliphatic carbocycles. The van der Waals surface area contributed by atoms with Crippen molar-refractivity contribution in [3.05, 3.63) is 170 Å². The summed E-state index contributed by atoms with van der Waals surface area (Å²) in [5.41, 5.74) is 13.8. The van der Waals surface area contributed by atoms with Gasteiger partial charge in [-0.15, -0.1) is 0 Å². The molecule has 0 saturated heterocycles. The molecule has 2 heterocycles. The fraction of sp³-hybridized carbons (Fsp3) is 0.494. The van der Waals surface area contributed by atoms with Crippen LogP contribution < -0.4 is 14.8 Å². The highest BCUT2D eigenvalue weighted by Gasteiger charge is 2.26. The van der Waals surface area contributed by atoms with Gasteiger partial charge in [0, 0.05) is 48.6 Å². The number of benzene rings is 6. The summed E-state index contributed by atoms with van der Waals surface area (Å²) in [5, 5.41) is 37.1. The quantitative estimate of drug-likeness (QED) is 0.0266. The molecule has 8 rings (SSSR count). The maximum atomic E-state index is 11.6. The van der Waals surface area contributed by atoms with Crippen LogP contribution in [0, 0.1) is 55.4 Å². The Morgan fingerprint density at radius 1 is 0.411 bits per heavy atom. The molecule has 6 aromatic carbocycles. The minimum atomic E-state index is -0.811. The van der Waals surface area contributed by atoms with Crippen molar-refractivity contribution in [3.8, 4) is 57.2 Å². The minimum Gasteiger partial charge on any atom is -0.507 e. The van der Waals surface area contributed by atoms with Gasteiger partial charge >= 0.3 is 0 Å². The number of unbranched alkanes of at least 4 members (excludes halogenated alkanes) is 19. The van der Waals surface area contributed by atoms with Gasteiger partial charge in [0.15, 0.2) is 23.3 Å². The molecule has 0 saturated carbocycles. The van der Waals surface area contributed by atoms with Crippen molar-refractivity contribution in [2.45, 2.75) is 216 Å². The van der Waals surface area contributed by atoms with Crippen LogP contribution in [-0.4, -0.2) is 100 Å². The number of aromatic nitrogens is 3. The van der Waals surface area contributed by atoms with Crippen molar-refractivity contribution in [3.63, 3.8) is 0 Å². The molecule has 14 nitrogen and oxygen atoms in total. The average molecular weight is 1290 g/mol. The van der Waals surface area contributed by atoms with E-state index in [1.165, 1.54) is 107 Å². The molecule has 0 amide bonds. The van der Waals surface area contributed by atoms with E-state index in [0.29, 0.717) is 84.8 Å². The minimum absolute atomic E-state index is 0.00806. The van der Waals surface area contributed by atoms with Crippen molar-refractivity contribution in [1.29, 1.82) is 0 Å². The lowest BCUT2D eigenvalue weighted by Crippen LogP contribution is -2.34. The number of aliphatic hydroxyl groups is 1. The molecule has 0 fully saturated rings. The van der Waals surface area contributed by atoms with Crippen LogP contribution in [0.25, 0.3) is 34.2 Å². The van der Waals surface area contributed by atoms with Crippen LogP contribution in [0.15, 0.2) is 119 Å². The molecule has 3 atom stereocenters. The first-order valence-electron chi connectivity index (χ1n) is 35.5. The van der Waals surface area contributed by atoms with Gasteiger partial charge in [-0.05, 0) is 127 Å². The van der Waals surface area contributed by atoms with E-state index >= 15 is 0 Å². The fourth-order valence-electron chi connectivity index (χ4n) is 12.4. The predicted octanol–water partition coefficient (Wildman–Crippen LogP) is 18.7. The number of aryl methyl sites for hydroxylation is 8. The second-order valence-electron chi connectivity index (χ2n) is 26.4. The van der Waals surface area contributed by atoms with Gasteiger partial charge < -0.3 is 44.3 Å². The molecule has 1 aromatic heterocycles. The number of phenolic OH excluding ortho intramolecular Hbond substituents is 2. The van der Waals surface area contributed by atoms with Gasteiger partial charge in [-0.1, -0.05) is 218 Å². The third-order valence-electron chi connectivity index (χ3n) is 17.8. The average Bonchev–Trinajstić information content (AvgIpc) is 0.811. The summed E-state index contributed by atoms with van der Waals surface area (Å²) in [6, 6.07) is 35.5. The van der Waals surface area contributed by atoms with Crippen molar-refractivity contribution in [2.75, 3.05) is 46.2 Å². The summed E-state index contributed by atoms with van der Waals surface area (Å²) in [7, 11) is 0. The normalized spacial score (nSPS) is 13.7. The Kier molecular flexibility index (Phi) is 30.0. The number of aliphatic imine (C=N–C) groups is 2. The van der Waals surface area contributed by atoms with Crippen LogP contribution in [0.3, 0.4) is 0 Å². The molecule has 510 valence electrons. The van der Waals surface area contributed by atoms with Crippen molar-refractivity contribution in [2.24, 2.45) is 9.98 Å². The van der Waals surface area contributed by atoms with Crippen LogP contribution in [0.1, 0.15) is 209 Å². The van der Waals surface area contributed by atoms with Gasteiger partial charge in [-0.3, -0.25) is 0 Å². The zero-order chi connectivity index (χ0) is 67.3. The topological polar surface area (TPSA) is 182 Å². The second kappa shape index (κ2) is 38.9. The van der Waals surface area contributed by atoms with Gasteiger partial charge in [0.05, 0.1) is 24.3 Å². The van der Waals surface area contributed by atoms with Crippen LogP contribution in [0.4, 0.5) is 0 Å². The third kappa shape index (κ3) is 23.7. The van der Waals surface area contributed by atoms with E-state index in [9.17, 15) is 15.3 Å². The highest BCUT2D eigenvalue weighted by Crippen LogP contribution is 2.35. The standard InChI is InChI=1S/C81H108N6O8/c1-10-11-12-13-14-15-16-19-23-26-29-44-92-54-67(55-95-66-36-42-73(75(90)51-66)81-86-78(70-39-33-58(4)48-62(70)8)83-79(87-81)71-40-34-59(5)49-63(71)9)93-45-30-27-24-21-18-17-20-22-25-28-43-91-52-64(88)53-94-65-35-41-72(74(89)50-65)80-84-76(68-37-31-56(2)46-60(68)6)82-77(85-80)69-38-32-57(3)47-61(69)7/h31-42,46-51,64,67,76,88-90H,10-30,43-45,52-55H2,1-9H3,(H,82,84,85). The molecule has 95 heavy (non-hydrogen) atoms. The van der Waals surface area contributed by atoms with Crippen molar-refractivity contribution < 1.29 is 39.0 Å². The largest absolute Gasteiger partial charge is 0.507 e. The third-order valence-corrected chi connectivity index (χ3v) is 17.8. The van der Waals surface area contributed by atoms with E-state index in [2.05, 4.69) is 140 Å². The van der Waals surface area contributed by atoms with Crippen LogP contribution in [0.2, 0.25) is 0 Å². The highest BCUT2D eigenvalue weighted by atomic mass is 16.6. The summed E-state index contributed by atoms with van der Waals surface area (Å²) in [6.45, 7) is 21.7. The zero-order valence-corrected chi connectivity index (χ0v) is 58.5. The Bertz CT molecular complexity index is 3510. The molecule has 7 aromatic rings. The van der Waals surface area contributed by atoms with Crippen LogP contribution in [0.5, 0.6) is 23.0 Å². The van der Waals surface area contributed by atoms with E-state index in [1.807, 2.05) is 12.1 Å². The molecule has 0 radical (unpaired) electrons. The molecule has 4 N–H and O–H groups in total. The molecular formula is C81H108N6O8. The van der Waals surface area contributed by atoms with Crippen LogP contribution >= 0.6 is 0 Å². The number of phenols is 2. The number of hydrogen-bond acceptors (Lipinski definition) is 14. The molecule has 1 aliphatic rings. The SMILES string of the molecule is CCCCCCCCCCCCCOCC(COc1ccc(-c2nc(-c3ccc(C)cc3C)nc(-c3ccc(C)cc3C)n2)c(O)c1)OCCCCCCCCCCCCOCC(O)COc1ccc(C2=NC(c3ccc(C)cc3C)NC(c3ccc(C)cc3C)=N2)c(O)c1. The Morgan fingerprint density at radius 3 is 1.31 bits per heavy atom. The summed E-state index contributed by atoms with van der Waals surface area (Å²) in [4.78, 5) is 24.8. The highest BCUT2D eigenvalue weighted by molar-refractivity contribution is 6.14. The molecule has 3 unspecified atom stereocenters. The molecule has 0 bridgehead atoms. The first-order valence-corrected chi connectivity index (χ1v) is 35.5. The number of aliphatic hydroxyl groups excluding tert-OH is 1. The Labute approximate surface area is 567 Å². The number of amidine groups is 2. The fourth-order valence-corrected chi connectivity index (χ4v) is 12.4. The van der Waals surface area contributed by atoms with Gasteiger partial charge in [0.25, 0.3) is 0 Å². The number of hydrogen-bond donors (Lipinski definition) is 4. The van der Waals surface area contributed by atoms with Crippen LogP contribution in [-0.2, 0) is 14.2 Å².